The van der Waals surface area contributed by atoms with Gasteiger partial charge in [-0.2, -0.15) is 0 Å². The highest BCUT2D eigenvalue weighted by Crippen LogP contribution is 2.08. The van der Waals surface area contributed by atoms with Crippen LogP contribution in [0.4, 0.5) is 0 Å². The zero-order valence-electron chi connectivity index (χ0n) is 10.2. The van der Waals surface area contributed by atoms with Crippen molar-refractivity contribution in [2.75, 3.05) is 33.4 Å². The summed E-state index contributed by atoms with van der Waals surface area (Å²) in [6, 6.07) is 0. The highest BCUT2D eigenvalue weighted by Gasteiger charge is 2.14. The summed E-state index contributed by atoms with van der Waals surface area (Å²) in [7, 11) is 1.64. The molecule has 4 nitrogen and oxygen atoms in total. The fraction of sp³-hybridized carbons (Fsp3) is 0.909. The van der Waals surface area contributed by atoms with Crippen LogP contribution < -0.4 is 5.73 Å². The lowest BCUT2D eigenvalue weighted by Gasteiger charge is -2.23. The maximum atomic E-state index is 11.8. The van der Waals surface area contributed by atoms with Crippen LogP contribution in [0.15, 0.2) is 0 Å². The summed E-state index contributed by atoms with van der Waals surface area (Å²) < 4.78 is 4.97. The van der Waals surface area contributed by atoms with Crippen LogP contribution in [0.3, 0.4) is 0 Å². The van der Waals surface area contributed by atoms with Crippen LogP contribution in [-0.2, 0) is 9.53 Å². The Kier molecular flexibility index (Phi) is 8.33. The number of carbonyl (C=O) groups excluding carboxylic acids is 1. The molecule has 4 heteroatoms. The van der Waals surface area contributed by atoms with Crippen LogP contribution in [0, 0.1) is 5.92 Å². The van der Waals surface area contributed by atoms with Crippen molar-refractivity contribution in [1.29, 1.82) is 0 Å². The first-order chi connectivity index (χ1) is 7.15. The quantitative estimate of drug-likeness (QED) is 0.654. The molecule has 1 amide bonds. The van der Waals surface area contributed by atoms with Crippen molar-refractivity contribution in [1.82, 2.24) is 4.90 Å². The van der Waals surface area contributed by atoms with E-state index in [1.54, 1.807) is 12.0 Å². The Morgan fingerprint density at radius 2 is 2.13 bits per heavy atom. The number of hydrogen-bond acceptors (Lipinski definition) is 3. The highest BCUT2D eigenvalue weighted by molar-refractivity contribution is 5.76. The molecule has 0 aromatic rings. The van der Waals surface area contributed by atoms with Crippen LogP contribution in [0.2, 0.25) is 0 Å². The van der Waals surface area contributed by atoms with Gasteiger partial charge in [0.2, 0.25) is 5.91 Å². The molecule has 0 aliphatic carbocycles. The van der Waals surface area contributed by atoms with E-state index in [0.717, 1.165) is 6.42 Å². The number of nitrogens with two attached hydrogens (primary N) is 1. The monoisotopic (exact) mass is 216 g/mol. The Morgan fingerprint density at radius 3 is 2.60 bits per heavy atom. The molecule has 0 aromatic heterocycles. The smallest absolute Gasteiger partial charge is 0.222 e. The largest absolute Gasteiger partial charge is 0.383 e. The van der Waals surface area contributed by atoms with Gasteiger partial charge in [0.25, 0.3) is 0 Å². The summed E-state index contributed by atoms with van der Waals surface area (Å²) in [5.41, 5.74) is 5.47. The topological polar surface area (TPSA) is 55.6 Å². The third-order valence-electron chi connectivity index (χ3n) is 2.54. The van der Waals surface area contributed by atoms with Gasteiger partial charge in [0.05, 0.1) is 6.61 Å². The highest BCUT2D eigenvalue weighted by atomic mass is 16.5. The number of rotatable bonds is 8. The van der Waals surface area contributed by atoms with Gasteiger partial charge in [-0.3, -0.25) is 4.79 Å². The third kappa shape index (κ3) is 6.47. The second-order valence-corrected chi connectivity index (χ2v) is 3.88. The van der Waals surface area contributed by atoms with Crippen molar-refractivity contribution in [3.8, 4) is 0 Å². The summed E-state index contributed by atoms with van der Waals surface area (Å²) >= 11 is 0. The first-order valence-electron chi connectivity index (χ1n) is 5.62. The van der Waals surface area contributed by atoms with E-state index in [2.05, 4.69) is 13.8 Å². The van der Waals surface area contributed by atoms with Gasteiger partial charge in [-0.1, -0.05) is 20.3 Å². The van der Waals surface area contributed by atoms with Gasteiger partial charge >= 0.3 is 0 Å². The maximum Gasteiger partial charge on any atom is 0.222 e. The van der Waals surface area contributed by atoms with Gasteiger partial charge in [-0.25, -0.2) is 0 Å². The summed E-state index contributed by atoms with van der Waals surface area (Å²) in [4.78, 5) is 13.6. The van der Waals surface area contributed by atoms with E-state index in [9.17, 15) is 4.79 Å². The summed E-state index contributed by atoms with van der Waals surface area (Å²) in [5.74, 6) is 0.632. The molecule has 0 fully saturated rings. The minimum absolute atomic E-state index is 0.187. The van der Waals surface area contributed by atoms with Crippen LogP contribution in [0.1, 0.15) is 26.7 Å². The molecular formula is C11H24N2O2. The van der Waals surface area contributed by atoms with Crippen molar-refractivity contribution < 1.29 is 9.53 Å². The summed E-state index contributed by atoms with van der Waals surface area (Å²) in [5, 5.41) is 0. The zero-order chi connectivity index (χ0) is 11.7. The van der Waals surface area contributed by atoms with Crippen LogP contribution >= 0.6 is 0 Å². The van der Waals surface area contributed by atoms with E-state index in [1.807, 2.05) is 0 Å². The van der Waals surface area contributed by atoms with Gasteiger partial charge in [-0.15, -0.1) is 0 Å². The number of hydrogen-bond donors (Lipinski definition) is 1. The Labute approximate surface area is 92.8 Å². The molecule has 0 bridgehead atoms. The maximum absolute atomic E-state index is 11.8. The summed E-state index contributed by atoms with van der Waals surface area (Å²) in [6.07, 6.45) is 1.65. The first kappa shape index (κ1) is 14.4. The van der Waals surface area contributed by atoms with Gasteiger partial charge in [-0.05, 0) is 5.92 Å². The molecule has 1 atom stereocenters. The molecule has 1 unspecified atom stereocenters. The third-order valence-corrected chi connectivity index (χ3v) is 2.54. The van der Waals surface area contributed by atoms with Crippen molar-refractivity contribution in [3.63, 3.8) is 0 Å². The average molecular weight is 216 g/mol. The molecule has 2 N–H and O–H groups in total. The molecule has 0 radical (unpaired) electrons. The fourth-order valence-corrected chi connectivity index (χ4v) is 1.29. The molecular weight excluding hydrogens is 192 g/mol. The van der Waals surface area contributed by atoms with Crippen molar-refractivity contribution in [3.05, 3.63) is 0 Å². The zero-order valence-corrected chi connectivity index (χ0v) is 10.2. The Hall–Kier alpha value is -0.610. The van der Waals surface area contributed by atoms with E-state index in [-0.39, 0.29) is 5.91 Å². The number of nitrogens with zero attached hydrogens (tertiary/aromatic N) is 1. The van der Waals surface area contributed by atoms with Crippen LogP contribution in [0.25, 0.3) is 0 Å². The van der Waals surface area contributed by atoms with E-state index in [4.69, 9.17) is 10.5 Å². The van der Waals surface area contributed by atoms with Gasteiger partial charge in [0.1, 0.15) is 0 Å². The molecule has 0 aliphatic heterocycles. The molecule has 0 saturated heterocycles. The first-order valence-corrected chi connectivity index (χ1v) is 5.62. The van der Waals surface area contributed by atoms with Crippen molar-refractivity contribution in [2.24, 2.45) is 11.7 Å². The molecule has 0 aliphatic rings. The van der Waals surface area contributed by atoms with Gasteiger partial charge < -0.3 is 15.4 Å². The molecule has 0 aromatic carbocycles. The van der Waals surface area contributed by atoms with E-state index in [1.165, 1.54) is 0 Å². The SMILES string of the molecule is CCC(C)CC(=O)N(CCN)CCOC. The Balaban J connectivity index is 4.03. The molecule has 0 rings (SSSR count). The second-order valence-electron chi connectivity index (χ2n) is 3.88. The van der Waals surface area contributed by atoms with E-state index < -0.39 is 0 Å². The number of carbonyl (C=O) groups is 1. The molecule has 0 heterocycles. The minimum Gasteiger partial charge on any atom is -0.383 e. The van der Waals surface area contributed by atoms with Crippen molar-refractivity contribution >= 4 is 5.91 Å². The number of amides is 1. The predicted molar refractivity (Wildman–Crippen MR) is 61.6 cm³/mol. The number of ether oxygens (including phenoxy) is 1. The number of methoxy groups -OCH3 is 1. The Morgan fingerprint density at radius 1 is 1.47 bits per heavy atom. The standard InChI is InChI=1S/C11H24N2O2/c1-4-10(2)9-11(14)13(6-5-12)7-8-15-3/h10H,4-9,12H2,1-3H3. The average Bonchev–Trinajstić information content (AvgIpc) is 2.23. The summed E-state index contributed by atoms with van der Waals surface area (Å²) in [6.45, 7) is 6.54. The lowest BCUT2D eigenvalue weighted by molar-refractivity contribution is -0.132. The lowest BCUT2D eigenvalue weighted by Crippen LogP contribution is -2.38. The van der Waals surface area contributed by atoms with Gasteiger partial charge in [0.15, 0.2) is 0 Å². The van der Waals surface area contributed by atoms with Crippen LogP contribution in [0.5, 0.6) is 0 Å². The normalized spacial score (nSPS) is 12.5. The van der Waals surface area contributed by atoms with E-state index >= 15 is 0 Å². The second kappa shape index (κ2) is 8.68. The minimum atomic E-state index is 0.187. The fourth-order valence-electron chi connectivity index (χ4n) is 1.29. The Bertz CT molecular complexity index is 174. The van der Waals surface area contributed by atoms with Crippen molar-refractivity contribution in [2.45, 2.75) is 26.7 Å². The molecule has 90 valence electrons. The van der Waals surface area contributed by atoms with Gasteiger partial charge in [0, 0.05) is 33.2 Å². The van der Waals surface area contributed by atoms with Crippen LogP contribution in [-0.4, -0.2) is 44.2 Å². The van der Waals surface area contributed by atoms with E-state index in [0.29, 0.717) is 38.6 Å². The molecule has 0 saturated carbocycles. The molecule has 15 heavy (non-hydrogen) atoms. The lowest BCUT2D eigenvalue weighted by atomic mass is 10.0. The molecule has 0 spiro atoms. The predicted octanol–water partition coefficient (Wildman–Crippen LogP) is 0.856.